The molecule has 6 heteroatoms. The maximum atomic E-state index is 11.9. The molecule has 5 nitrogen and oxygen atoms in total. The van der Waals surface area contributed by atoms with Gasteiger partial charge in [-0.2, -0.15) is 0 Å². The van der Waals surface area contributed by atoms with Crippen LogP contribution in [0.15, 0.2) is 18.2 Å². The summed E-state index contributed by atoms with van der Waals surface area (Å²) in [6, 6.07) is 4.69. The molecule has 2 heterocycles. The molecule has 0 unspecified atom stereocenters. The monoisotopic (exact) mass is 253 g/mol. The van der Waals surface area contributed by atoms with E-state index in [4.69, 9.17) is 11.6 Å². The average molecular weight is 254 g/mol. The number of amides is 3. The van der Waals surface area contributed by atoms with Gasteiger partial charge < -0.3 is 5.32 Å². The highest BCUT2D eigenvalue weighted by molar-refractivity contribution is 6.29. The largest absolute Gasteiger partial charge is 0.325 e. The number of imide groups is 1. The van der Waals surface area contributed by atoms with E-state index in [1.165, 1.54) is 0 Å². The average Bonchev–Trinajstić information content (AvgIpc) is 2.41. The number of hydrogen-bond donors (Lipinski definition) is 1. The number of carbonyl (C=O) groups is 2. The first-order valence-electron chi connectivity index (χ1n) is 5.16. The Morgan fingerprint density at radius 2 is 2.12 bits per heavy atom. The molecule has 1 aliphatic heterocycles. The van der Waals surface area contributed by atoms with Gasteiger partial charge in [0, 0.05) is 0 Å². The van der Waals surface area contributed by atoms with Crippen molar-refractivity contribution in [2.24, 2.45) is 0 Å². The van der Waals surface area contributed by atoms with E-state index in [2.05, 4.69) is 10.3 Å². The summed E-state index contributed by atoms with van der Waals surface area (Å²) in [7, 11) is 0. The Kier molecular flexibility index (Phi) is 2.79. The fourth-order valence-corrected chi connectivity index (χ4v) is 1.84. The zero-order valence-electron chi connectivity index (χ0n) is 9.53. The quantitative estimate of drug-likeness (QED) is 0.643. The number of nitrogens with one attached hydrogen (secondary N) is 1. The number of aromatic nitrogens is 1. The van der Waals surface area contributed by atoms with Gasteiger partial charge in [0.25, 0.3) is 5.91 Å². The van der Waals surface area contributed by atoms with Crippen LogP contribution in [0.2, 0.25) is 5.15 Å². The molecule has 1 N–H and O–H groups in total. The van der Waals surface area contributed by atoms with E-state index in [9.17, 15) is 9.59 Å². The molecule has 1 fully saturated rings. The van der Waals surface area contributed by atoms with Crippen molar-refractivity contribution < 1.29 is 9.59 Å². The first kappa shape index (κ1) is 11.9. The molecule has 0 aromatic carbocycles. The molecule has 17 heavy (non-hydrogen) atoms. The first-order chi connectivity index (χ1) is 7.90. The fraction of sp³-hybridized carbons (Fsp3) is 0.364. The molecule has 90 valence electrons. The van der Waals surface area contributed by atoms with Crippen LogP contribution in [0.25, 0.3) is 0 Å². The van der Waals surface area contributed by atoms with Crippen molar-refractivity contribution in [3.05, 3.63) is 29.0 Å². The van der Waals surface area contributed by atoms with Gasteiger partial charge >= 0.3 is 6.03 Å². The predicted molar refractivity (Wildman–Crippen MR) is 62.4 cm³/mol. The minimum atomic E-state index is -0.852. The number of nitrogens with zero attached hydrogens (tertiary/aromatic N) is 2. The number of carbonyl (C=O) groups excluding carboxylic acids is 2. The smallest absolute Gasteiger partial charge is 0.324 e. The van der Waals surface area contributed by atoms with Gasteiger partial charge in [0.1, 0.15) is 10.7 Å². The Bertz CT molecular complexity index is 487. The molecule has 0 radical (unpaired) electrons. The Morgan fingerprint density at radius 3 is 2.65 bits per heavy atom. The maximum Gasteiger partial charge on any atom is 0.325 e. The Labute approximate surface area is 104 Å². The molecular formula is C11H12ClN3O2. The van der Waals surface area contributed by atoms with Crippen molar-refractivity contribution >= 4 is 23.5 Å². The normalized spacial score (nSPS) is 18.4. The lowest BCUT2D eigenvalue weighted by atomic mass is 10.1. The Morgan fingerprint density at radius 1 is 1.41 bits per heavy atom. The number of halogens is 1. The minimum Gasteiger partial charge on any atom is -0.324 e. The van der Waals surface area contributed by atoms with Crippen molar-refractivity contribution in [3.63, 3.8) is 0 Å². The van der Waals surface area contributed by atoms with Crippen LogP contribution in [0.3, 0.4) is 0 Å². The van der Waals surface area contributed by atoms with Gasteiger partial charge in [0.15, 0.2) is 0 Å². The molecule has 3 amide bonds. The summed E-state index contributed by atoms with van der Waals surface area (Å²) in [6.07, 6.45) is 0. The van der Waals surface area contributed by atoms with Crippen LogP contribution in [0.4, 0.5) is 4.79 Å². The number of pyridine rings is 1. The first-order valence-corrected chi connectivity index (χ1v) is 5.53. The van der Waals surface area contributed by atoms with Crippen LogP contribution in [0, 0.1) is 0 Å². The third-order valence-corrected chi connectivity index (χ3v) is 2.75. The van der Waals surface area contributed by atoms with Gasteiger partial charge in [-0.15, -0.1) is 0 Å². The van der Waals surface area contributed by atoms with E-state index < -0.39 is 11.6 Å². The molecule has 0 aliphatic carbocycles. The van der Waals surface area contributed by atoms with E-state index in [1.807, 2.05) is 0 Å². The zero-order chi connectivity index (χ0) is 12.6. The van der Waals surface area contributed by atoms with E-state index in [-0.39, 0.29) is 12.5 Å². The highest BCUT2D eigenvalue weighted by atomic mass is 35.5. The lowest BCUT2D eigenvalue weighted by Crippen LogP contribution is -2.40. The van der Waals surface area contributed by atoms with E-state index in [0.29, 0.717) is 10.8 Å². The fourth-order valence-electron chi connectivity index (χ4n) is 1.66. The summed E-state index contributed by atoms with van der Waals surface area (Å²) >= 11 is 5.74. The van der Waals surface area contributed by atoms with Gasteiger partial charge in [-0.1, -0.05) is 17.7 Å². The molecule has 0 spiro atoms. The highest BCUT2D eigenvalue weighted by Crippen LogP contribution is 2.19. The van der Waals surface area contributed by atoms with Gasteiger partial charge in [0.2, 0.25) is 0 Å². The molecule has 1 aromatic heterocycles. The summed E-state index contributed by atoms with van der Waals surface area (Å²) in [5.74, 6) is -0.260. The van der Waals surface area contributed by atoms with E-state index in [1.54, 1.807) is 32.0 Å². The van der Waals surface area contributed by atoms with Crippen LogP contribution < -0.4 is 5.32 Å². The zero-order valence-corrected chi connectivity index (χ0v) is 10.3. The Hall–Kier alpha value is -1.62. The van der Waals surface area contributed by atoms with Crippen molar-refractivity contribution in [1.29, 1.82) is 0 Å². The molecule has 0 saturated carbocycles. The minimum absolute atomic E-state index is 0.134. The molecule has 2 rings (SSSR count). The SMILES string of the molecule is CC1(C)NC(=O)N(Cc2cccc(Cl)n2)C1=O. The lowest BCUT2D eigenvalue weighted by molar-refractivity contribution is -0.130. The third kappa shape index (κ3) is 2.24. The summed E-state index contributed by atoms with van der Waals surface area (Å²) in [6.45, 7) is 3.46. The number of urea groups is 1. The van der Waals surface area contributed by atoms with Crippen molar-refractivity contribution in [2.45, 2.75) is 25.9 Å². The lowest BCUT2D eigenvalue weighted by Gasteiger charge is -2.15. The van der Waals surface area contributed by atoms with Gasteiger partial charge in [-0.25, -0.2) is 9.78 Å². The molecule has 1 aliphatic rings. The second-order valence-electron chi connectivity index (χ2n) is 4.40. The second-order valence-corrected chi connectivity index (χ2v) is 4.79. The number of rotatable bonds is 2. The van der Waals surface area contributed by atoms with Gasteiger partial charge in [0.05, 0.1) is 12.2 Å². The predicted octanol–water partition coefficient (Wildman–Crippen LogP) is 1.57. The second kappa shape index (κ2) is 4.00. The number of hydrogen-bond acceptors (Lipinski definition) is 3. The van der Waals surface area contributed by atoms with Crippen LogP contribution in [-0.4, -0.2) is 27.4 Å². The van der Waals surface area contributed by atoms with Gasteiger partial charge in [-0.05, 0) is 26.0 Å². The molecule has 1 saturated heterocycles. The standard InChI is InChI=1S/C11H12ClN3O2/c1-11(2)9(16)15(10(17)14-11)6-7-4-3-5-8(12)13-7/h3-5H,6H2,1-2H3,(H,14,17). The summed E-state index contributed by atoms with van der Waals surface area (Å²) in [5.41, 5.74) is -0.269. The van der Waals surface area contributed by atoms with Crippen molar-refractivity contribution in [3.8, 4) is 0 Å². The molecule has 1 aromatic rings. The molecular weight excluding hydrogens is 242 g/mol. The van der Waals surface area contributed by atoms with Crippen LogP contribution >= 0.6 is 11.6 Å². The van der Waals surface area contributed by atoms with Gasteiger partial charge in [-0.3, -0.25) is 9.69 Å². The summed E-state index contributed by atoms with van der Waals surface area (Å²) < 4.78 is 0. The van der Waals surface area contributed by atoms with Crippen molar-refractivity contribution in [2.75, 3.05) is 0 Å². The maximum absolute atomic E-state index is 11.9. The summed E-state index contributed by atoms with van der Waals surface area (Å²) in [5, 5.41) is 2.95. The molecule has 0 atom stereocenters. The van der Waals surface area contributed by atoms with E-state index >= 15 is 0 Å². The van der Waals surface area contributed by atoms with E-state index in [0.717, 1.165) is 4.90 Å². The van der Waals surface area contributed by atoms with Crippen LogP contribution in [0.5, 0.6) is 0 Å². The topological polar surface area (TPSA) is 62.3 Å². The van der Waals surface area contributed by atoms with Crippen LogP contribution in [-0.2, 0) is 11.3 Å². The third-order valence-electron chi connectivity index (χ3n) is 2.54. The molecule has 0 bridgehead atoms. The van der Waals surface area contributed by atoms with Crippen molar-refractivity contribution in [1.82, 2.24) is 15.2 Å². The summed E-state index contributed by atoms with van der Waals surface area (Å²) in [4.78, 5) is 28.7. The highest BCUT2D eigenvalue weighted by Gasteiger charge is 2.44. The Balaban J connectivity index is 2.20. The van der Waals surface area contributed by atoms with Crippen LogP contribution in [0.1, 0.15) is 19.5 Å².